The Bertz CT molecular complexity index is 1250. The van der Waals surface area contributed by atoms with Gasteiger partial charge in [-0.2, -0.15) is 0 Å². The molecule has 0 saturated heterocycles. The summed E-state index contributed by atoms with van der Waals surface area (Å²) < 4.78 is 1.60. The summed E-state index contributed by atoms with van der Waals surface area (Å²) in [6.07, 6.45) is 0.926. The lowest BCUT2D eigenvalue weighted by molar-refractivity contribution is -0.119. The third kappa shape index (κ3) is 4.73. The number of hydrogen-bond acceptors (Lipinski definition) is 5. The molecule has 0 bridgehead atoms. The molecule has 0 radical (unpaired) electrons. The Balaban J connectivity index is 1.64. The minimum absolute atomic E-state index is 0.0542. The van der Waals surface area contributed by atoms with Crippen molar-refractivity contribution in [3.8, 4) is 5.69 Å². The number of carbonyl (C=O) groups excluding carboxylic acids is 1. The number of benzene rings is 2. The molecule has 1 atom stereocenters. The number of amides is 1. The Morgan fingerprint density at radius 1 is 1.13 bits per heavy atom. The van der Waals surface area contributed by atoms with Gasteiger partial charge in [-0.3, -0.25) is 14.2 Å². The number of hydrogen-bond donors (Lipinski definition) is 1. The highest BCUT2D eigenvalue weighted by Gasteiger charge is 2.16. The van der Waals surface area contributed by atoms with E-state index in [1.807, 2.05) is 66.9 Å². The molecule has 4 aromatic rings. The van der Waals surface area contributed by atoms with E-state index in [2.05, 4.69) is 12.2 Å². The van der Waals surface area contributed by atoms with Crippen LogP contribution in [0.3, 0.4) is 0 Å². The van der Waals surface area contributed by atoms with Gasteiger partial charge >= 0.3 is 0 Å². The first-order chi connectivity index (χ1) is 15.1. The largest absolute Gasteiger partial charge is 0.348 e. The molecule has 7 heteroatoms. The van der Waals surface area contributed by atoms with Gasteiger partial charge in [-0.15, -0.1) is 11.3 Å². The summed E-state index contributed by atoms with van der Waals surface area (Å²) in [5.41, 5.74) is 2.44. The van der Waals surface area contributed by atoms with E-state index in [0.717, 1.165) is 17.0 Å². The van der Waals surface area contributed by atoms with Crippen LogP contribution in [0.4, 0.5) is 0 Å². The van der Waals surface area contributed by atoms with Gasteiger partial charge in [0, 0.05) is 4.88 Å². The highest BCUT2D eigenvalue weighted by atomic mass is 32.2. The molecule has 1 unspecified atom stereocenters. The minimum atomic E-state index is -0.135. The van der Waals surface area contributed by atoms with Gasteiger partial charge in [-0.25, -0.2) is 4.98 Å². The molecular formula is C24H23N3O2S2. The van der Waals surface area contributed by atoms with Crippen molar-refractivity contribution < 1.29 is 4.79 Å². The lowest BCUT2D eigenvalue weighted by atomic mass is 10.1. The molecule has 2 heterocycles. The van der Waals surface area contributed by atoms with Crippen molar-refractivity contribution in [3.63, 3.8) is 0 Å². The van der Waals surface area contributed by atoms with Crippen LogP contribution in [0.1, 0.15) is 30.3 Å². The van der Waals surface area contributed by atoms with Crippen LogP contribution < -0.4 is 10.9 Å². The second-order valence-corrected chi connectivity index (χ2v) is 9.09. The molecule has 0 aliphatic heterocycles. The highest BCUT2D eigenvalue weighted by Crippen LogP contribution is 2.23. The van der Waals surface area contributed by atoms with Crippen LogP contribution in [-0.4, -0.2) is 21.2 Å². The number of aromatic nitrogens is 2. The van der Waals surface area contributed by atoms with E-state index in [1.165, 1.54) is 17.3 Å². The molecule has 0 fully saturated rings. The van der Waals surface area contributed by atoms with Gasteiger partial charge in [0.2, 0.25) is 5.91 Å². The fourth-order valence-corrected chi connectivity index (χ4v) is 4.90. The molecule has 0 spiro atoms. The number of carbonyl (C=O) groups is 1. The number of fused-ring (bicyclic) bond motifs is 1. The zero-order valence-electron chi connectivity index (χ0n) is 17.4. The molecule has 31 heavy (non-hydrogen) atoms. The standard InChI is InChI=1S/C24H23N3O2S2/c1-3-17-10-12-18(13-11-17)27-23(29)19-7-4-5-8-20(19)26-24(27)31-15-22(28)25-16(2)21-9-6-14-30-21/h4-14,16H,3,15H2,1-2H3,(H,25,28). The maximum atomic E-state index is 13.3. The molecule has 1 N–H and O–H groups in total. The second-order valence-electron chi connectivity index (χ2n) is 7.17. The number of para-hydroxylation sites is 1. The summed E-state index contributed by atoms with van der Waals surface area (Å²) in [6, 6.07) is 19.1. The topological polar surface area (TPSA) is 64.0 Å². The molecule has 4 rings (SSSR count). The summed E-state index contributed by atoms with van der Waals surface area (Å²) in [5.74, 6) is 0.0780. The molecule has 0 saturated carbocycles. The van der Waals surface area contributed by atoms with Crippen LogP contribution in [0.15, 0.2) is 76.0 Å². The predicted octanol–water partition coefficient (Wildman–Crippen LogP) is 4.98. The average molecular weight is 450 g/mol. The van der Waals surface area contributed by atoms with E-state index < -0.39 is 0 Å². The van der Waals surface area contributed by atoms with Gasteiger partial charge in [0.1, 0.15) is 0 Å². The smallest absolute Gasteiger partial charge is 0.266 e. The molecule has 2 aromatic heterocycles. The molecule has 0 aliphatic carbocycles. The zero-order chi connectivity index (χ0) is 21.8. The number of thioether (sulfide) groups is 1. The normalized spacial score (nSPS) is 12.1. The van der Waals surface area contributed by atoms with Gasteiger partial charge in [0.25, 0.3) is 5.56 Å². The van der Waals surface area contributed by atoms with Gasteiger partial charge in [0.15, 0.2) is 5.16 Å². The van der Waals surface area contributed by atoms with Crippen LogP contribution in [0, 0.1) is 0 Å². The van der Waals surface area contributed by atoms with Crippen molar-refractivity contribution in [2.75, 3.05) is 5.75 Å². The molecule has 158 valence electrons. The Morgan fingerprint density at radius 2 is 1.90 bits per heavy atom. The quantitative estimate of drug-likeness (QED) is 0.319. The zero-order valence-corrected chi connectivity index (χ0v) is 19.0. The summed E-state index contributed by atoms with van der Waals surface area (Å²) in [6.45, 7) is 4.06. The van der Waals surface area contributed by atoms with Gasteiger partial charge < -0.3 is 5.32 Å². The summed E-state index contributed by atoms with van der Waals surface area (Å²) in [5, 5.41) is 6.07. The van der Waals surface area contributed by atoms with Crippen molar-refractivity contribution in [2.24, 2.45) is 0 Å². The van der Waals surface area contributed by atoms with Crippen molar-refractivity contribution in [1.82, 2.24) is 14.9 Å². The number of rotatable bonds is 7. The third-order valence-electron chi connectivity index (χ3n) is 5.03. The van der Waals surface area contributed by atoms with Crippen LogP contribution in [-0.2, 0) is 11.2 Å². The summed E-state index contributed by atoms with van der Waals surface area (Å²) in [7, 11) is 0. The minimum Gasteiger partial charge on any atom is -0.348 e. The summed E-state index contributed by atoms with van der Waals surface area (Å²) in [4.78, 5) is 31.7. The van der Waals surface area contributed by atoms with Crippen LogP contribution in [0.25, 0.3) is 16.6 Å². The maximum Gasteiger partial charge on any atom is 0.266 e. The van der Waals surface area contributed by atoms with Gasteiger partial charge in [-0.05, 0) is 54.6 Å². The van der Waals surface area contributed by atoms with E-state index in [0.29, 0.717) is 16.1 Å². The van der Waals surface area contributed by atoms with Crippen molar-refractivity contribution >= 4 is 39.9 Å². The van der Waals surface area contributed by atoms with Crippen LogP contribution in [0.5, 0.6) is 0 Å². The monoisotopic (exact) mass is 449 g/mol. The van der Waals surface area contributed by atoms with Crippen molar-refractivity contribution in [2.45, 2.75) is 31.5 Å². The lowest BCUT2D eigenvalue weighted by Crippen LogP contribution is -2.28. The van der Waals surface area contributed by atoms with E-state index in [-0.39, 0.29) is 23.3 Å². The molecule has 2 aromatic carbocycles. The Labute approximate surface area is 189 Å². The Hall–Kier alpha value is -2.90. The third-order valence-corrected chi connectivity index (χ3v) is 7.02. The van der Waals surface area contributed by atoms with Crippen molar-refractivity contribution in [3.05, 3.63) is 86.8 Å². The van der Waals surface area contributed by atoms with Crippen molar-refractivity contribution in [1.29, 1.82) is 0 Å². The molecular weight excluding hydrogens is 426 g/mol. The highest BCUT2D eigenvalue weighted by molar-refractivity contribution is 7.99. The number of nitrogens with one attached hydrogen (secondary N) is 1. The van der Waals surface area contributed by atoms with Gasteiger partial charge in [0.05, 0.1) is 28.4 Å². The Kier molecular flexibility index (Phi) is 6.53. The van der Waals surface area contributed by atoms with Gasteiger partial charge in [-0.1, -0.05) is 49.0 Å². The number of thiophene rings is 1. The first-order valence-electron chi connectivity index (χ1n) is 10.1. The lowest BCUT2D eigenvalue weighted by Gasteiger charge is -2.15. The van der Waals surface area contributed by atoms with Crippen LogP contribution >= 0.6 is 23.1 Å². The first-order valence-corrected chi connectivity index (χ1v) is 12.0. The molecule has 0 aliphatic rings. The predicted molar refractivity (Wildman–Crippen MR) is 128 cm³/mol. The second kappa shape index (κ2) is 9.49. The molecule has 5 nitrogen and oxygen atoms in total. The molecule has 1 amide bonds. The summed E-state index contributed by atoms with van der Waals surface area (Å²) >= 11 is 2.89. The fraction of sp³-hybridized carbons (Fsp3) is 0.208. The van der Waals surface area contributed by atoms with E-state index in [4.69, 9.17) is 4.98 Å². The Morgan fingerprint density at radius 3 is 2.61 bits per heavy atom. The van der Waals surface area contributed by atoms with Crippen LogP contribution in [0.2, 0.25) is 0 Å². The SMILES string of the molecule is CCc1ccc(-n2c(SCC(=O)NC(C)c3cccs3)nc3ccccc3c2=O)cc1. The first kappa shape index (κ1) is 21.3. The number of aryl methyl sites for hydroxylation is 1. The average Bonchev–Trinajstić information content (AvgIpc) is 3.33. The maximum absolute atomic E-state index is 13.3. The fourth-order valence-electron chi connectivity index (χ4n) is 3.34. The van der Waals surface area contributed by atoms with E-state index in [9.17, 15) is 9.59 Å². The number of nitrogens with zero attached hydrogens (tertiary/aromatic N) is 2. The van der Waals surface area contributed by atoms with E-state index in [1.54, 1.807) is 22.0 Å². The van der Waals surface area contributed by atoms with E-state index >= 15 is 0 Å².